The highest BCUT2D eigenvalue weighted by molar-refractivity contribution is 5.76. The molecule has 0 radical (unpaired) electrons. The molecule has 5 heteroatoms. The fourth-order valence-electron chi connectivity index (χ4n) is 3.80. The molecule has 0 spiro atoms. The molecular weight excluding hydrogens is 374 g/mol. The normalized spacial score (nSPS) is 14.8. The molecule has 0 N–H and O–H groups in total. The Morgan fingerprint density at radius 2 is 1.70 bits per heavy atom. The summed E-state index contributed by atoms with van der Waals surface area (Å²) >= 11 is 0. The average Bonchev–Trinajstić information content (AvgIpc) is 3.27. The largest absolute Gasteiger partial charge is 0.441 e. The second kappa shape index (κ2) is 9.72. The van der Waals surface area contributed by atoms with Gasteiger partial charge in [0.05, 0.1) is 6.20 Å². The van der Waals surface area contributed by atoms with E-state index in [4.69, 9.17) is 4.42 Å². The van der Waals surface area contributed by atoms with Crippen molar-refractivity contribution < 1.29 is 9.21 Å². The van der Waals surface area contributed by atoms with Gasteiger partial charge in [-0.2, -0.15) is 0 Å². The Balaban J connectivity index is 1.20. The molecule has 156 valence electrons. The minimum absolute atomic E-state index is 0.188. The maximum atomic E-state index is 12.6. The highest BCUT2D eigenvalue weighted by atomic mass is 16.4. The number of oxazole rings is 1. The summed E-state index contributed by atoms with van der Waals surface area (Å²) in [5.74, 6) is 1.57. The smallest absolute Gasteiger partial charge is 0.223 e. The zero-order chi connectivity index (χ0) is 20.8. The monoisotopic (exact) mass is 403 g/mol. The lowest BCUT2D eigenvalue weighted by molar-refractivity contribution is -0.133. The number of carbonyl (C=O) groups excluding carboxylic acids is 1. The van der Waals surface area contributed by atoms with Gasteiger partial charge in [0.25, 0.3) is 0 Å². The summed E-state index contributed by atoms with van der Waals surface area (Å²) in [6, 6.07) is 18.7. The average molecular weight is 404 g/mol. The zero-order valence-corrected chi connectivity index (χ0v) is 17.6. The van der Waals surface area contributed by atoms with Gasteiger partial charge in [-0.15, -0.1) is 0 Å². The molecule has 1 aliphatic heterocycles. The van der Waals surface area contributed by atoms with Crippen LogP contribution < -0.4 is 0 Å². The third-order valence-electron chi connectivity index (χ3n) is 5.73. The molecule has 1 aliphatic rings. The molecule has 0 bridgehead atoms. The molecule has 30 heavy (non-hydrogen) atoms. The van der Waals surface area contributed by atoms with Crippen LogP contribution in [0, 0.1) is 6.92 Å². The maximum absolute atomic E-state index is 12.6. The van der Waals surface area contributed by atoms with E-state index in [1.165, 1.54) is 11.1 Å². The quantitative estimate of drug-likeness (QED) is 0.599. The lowest BCUT2D eigenvalue weighted by atomic mass is 10.1. The van der Waals surface area contributed by atoms with Crippen molar-refractivity contribution in [3.63, 3.8) is 0 Å². The lowest BCUT2D eigenvalue weighted by Crippen LogP contribution is -2.49. The van der Waals surface area contributed by atoms with E-state index in [1.807, 2.05) is 17.0 Å². The van der Waals surface area contributed by atoms with Crippen LogP contribution >= 0.6 is 0 Å². The number of nitrogens with zero attached hydrogens (tertiary/aromatic N) is 3. The van der Waals surface area contributed by atoms with E-state index >= 15 is 0 Å². The van der Waals surface area contributed by atoms with Gasteiger partial charge in [0, 0.05) is 51.1 Å². The minimum Gasteiger partial charge on any atom is -0.441 e. The van der Waals surface area contributed by atoms with Gasteiger partial charge in [-0.05, 0) is 18.9 Å². The molecular formula is C25H29N3O2. The first-order chi connectivity index (χ1) is 14.7. The molecule has 0 aliphatic carbocycles. The molecule has 0 unspecified atom stereocenters. The second-order valence-electron chi connectivity index (χ2n) is 7.94. The molecule has 3 aromatic rings. The van der Waals surface area contributed by atoms with Crippen LogP contribution in [-0.2, 0) is 17.6 Å². The van der Waals surface area contributed by atoms with Crippen LogP contribution in [0.2, 0.25) is 0 Å². The van der Waals surface area contributed by atoms with Crippen molar-refractivity contribution in [2.24, 2.45) is 0 Å². The number of piperazine rings is 1. The maximum Gasteiger partial charge on any atom is 0.223 e. The Labute approximate surface area is 178 Å². The van der Waals surface area contributed by atoms with Crippen LogP contribution in [0.3, 0.4) is 0 Å². The van der Waals surface area contributed by atoms with Gasteiger partial charge in [0.15, 0.2) is 11.7 Å². The first kappa shape index (κ1) is 20.4. The van der Waals surface area contributed by atoms with Gasteiger partial charge in [-0.1, -0.05) is 60.2 Å². The Morgan fingerprint density at radius 3 is 2.43 bits per heavy atom. The number of hydrogen-bond acceptors (Lipinski definition) is 4. The van der Waals surface area contributed by atoms with Crippen LogP contribution in [0.4, 0.5) is 0 Å². The third kappa shape index (κ3) is 5.36. The number of carbonyl (C=O) groups is 1. The Bertz CT molecular complexity index is 942. The Kier molecular flexibility index (Phi) is 6.60. The van der Waals surface area contributed by atoms with Gasteiger partial charge in [0.1, 0.15) is 0 Å². The van der Waals surface area contributed by atoms with Crippen molar-refractivity contribution in [2.75, 3.05) is 32.7 Å². The summed E-state index contributed by atoms with van der Waals surface area (Å²) in [5, 5.41) is 0. The molecule has 2 aromatic carbocycles. The molecule has 1 amide bonds. The molecule has 1 aromatic heterocycles. The Hall–Kier alpha value is -2.92. The predicted molar refractivity (Wildman–Crippen MR) is 118 cm³/mol. The van der Waals surface area contributed by atoms with Gasteiger partial charge in [0.2, 0.25) is 5.91 Å². The molecule has 1 saturated heterocycles. The summed E-state index contributed by atoms with van der Waals surface area (Å²) in [4.78, 5) is 21.4. The van der Waals surface area contributed by atoms with Crippen molar-refractivity contribution >= 4 is 5.91 Å². The molecule has 4 rings (SSSR count). The lowest BCUT2D eigenvalue weighted by Gasteiger charge is -2.34. The highest BCUT2D eigenvalue weighted by Gasteiger charge is 2.21. The van der Waals surface area contributed by atoms with Crippen LogP contribution in [0.1, 0.15) is 23.4 Å². The van der Waals surface area contributed by atoms with Gasteiger partial charge in [-0.25, -0.2) is 4.98 Å². The molecule has 2 heterocycles. The number of aromatic nitrogens is 1. The van der Waals surface area contributed by atoms with Crippen LogP contribution in [-0.4, -0.2) is 53.4 Å². The van der Waals surface area contributed by atoms with E-state index in [1.54, 1.807) is 6.20 Å². The molecule has 0 saturated carbocycles. The van der Waals surface area contributed by atoms with E-state index in [2.05, 4.69) is 59.3 Å². The second-order valence-corrected chi connectivity index (χ2v) is 7.94. The first-order valence-electron chi connectivity index (χ1n) is 10.7. The van der Waals surface area contributed by atoms with E-state index < -0.39 is 0 Å². The summed E-state index contributed by atoms with van der Waals surface area (Å²) < 4.78 is 5.85. The number of benzene rings is 2. The number of rotatable bonds is 7. The molecule has 5 nitrogen and oxygen atoms in total. The Morgan fingerprint density at radius 1 is 0.967 bits per heavy atom. The van der Waals surface area contributed by atoms with Crippen molar-refractivity contribution in [3.8, 4) is 11.3 Å². The number of aryl methyl sites for hydroxylation is 2. The molecule has 1 fully saturated rings. The summed E-state index contributed by atoms with van der Waals surface area (Å²) in [5.41, 5.74) is 3.59. The summed E-state index contributed by atoms with van der Waals surface area (Å²) in [6.45, 7) is 6.58. The van der Waals surface area contributed by atoms with E-state index in [-0.39, 0.29) is 5.91 Å². The van der Waals surface area contributed by atoms with Crippen molar-refractivity contribution in [3.05, 3.63) is 77.8 Å². The fraction of sp³-hybridized carbons (Fsp3) is 0.360. The topological polar surface area (TPSA) is 49.6 Å². The predicted octanol–water partition coefficient (Wildman–Crippen LogP) is 3.97. The highest BCUT2D eigenvalue weighted by Crippen LogP contribution is 2.21. The van der Waals surface area contributed by atoms with Crippen molar-refractivity contribution in [1.82, 2.24) is 14.8 Å². The van der Waals surface area contributed by atoms with Gasteiger partial charge >= 0.3 is 0 Å². The third-order valence-corrected chi connectivity index (χ3v) is 5.73. The zero-order valence-electron chi connectivity index (χ0n) is 17.6. The van der Waals surface area contributed by atoms with Crippen LogP contribution in [0.15, 0.2) is 65.2 Å². The number of amides is 1. The summed E-state index contributed by atoms with van der Waals surface area (Å²) in [7, 11) is 0. The minimum atomic E-state index is 0.188. The fourth-order valence-corrected chi connectivity index (χ4v) is 3.80. The van der Waals surface area contributed by atoms with E-state index in [0.29, 0.717) is 18.7 Å². The van der Waals surface area contributed by atoms with Crippen LogP contribution in [0.25, 0.3) is 11.3 Å². The van der Waals surface area contributed by atoms with Crippen molar-refractivity contribution in [2.45, 2.75) is 26.2 Å². The molecule has 0 atom stereocenters. The van der Waals surface area contributed by atoms with E-state index in [0.717, 1.165) is 50.5 Å². The SMILES string of the molecule is Cc1ccc(-c2cnc(CCC(=O)N3CCN(CCc4ccccc4)CC3)o2)cc1. The number of hydrogen-bond donors (Lipinski definition) is 0. The first-order valence-corrected chi connectivity index (χ1v) is 10.7. The van der Waals surface area contributed by atoms with Crippen LogP contribution in [0.5, 0.6) is 0 Å². The van der Waals surface area contributed by atoms with Crippen molar-refractivity contribution in [1.29, 1.82) is 0 Å². The van der Waals surface area contributed by atoms with E-state index in [9.17, 15) is 4.79 Å². The van der Waals surface area contributed by atoms with Gasteiger partial charge < -0.3 is 9.32 Å². The van der Waals surface area contributed by atoms with Gasteiger partial charge in [-0.3, -0.25) is 9.69 Å². The standard InChI is InChI=1S/C25H29N3O2/c1-20-7-9-22(10-8-20)23-19-26-24(30-23)11-12-25(29)28-17-15-27(16-18-28)14-13-21-5-3-2-4-6-21/h2-10,19H,11-18H2,1H3. The summed E-state index contributed by atoms with van der Waals surface area (Å²) in [6.07, 6.45) is 3.79.